The number of aromatic nitrogens is 2. The molecule has 0 N–H and O–H groups in total. The molecular formula is C12H20N4O2S. The SMILES string of the molecule is CN(C1CCCN(c2cnccn2)CC1)S(C)(=O)=O. The Morgan fingerprint density at radius 1 is 1.32 bits per heavy atom. The zero-order valence-corrected chi connectivity index (χ0v) is 12.2. The van der Waals surface area contributed by atoms with Crippen molar-refractivity contribution in [1.82, 2.24) is 14.3 Å². The third-order valence-electron chi connectivity index (χ3n) is 3.61. The molecule has 7 heteroatoms. The van der Waals surface area contributed by atoms with Crippen LogP contribution < -0.4 is 4.90 Å². The van der Waals surface area contributed by atoms with Gasteiger partial charge >= 0.3 is 0 Å². The average Bonchev–Trinajstić information content (AvgIpc) is 2.63. The Balaban J connectivity index is 2.03. The summed E-state index contributed by atoms with van der Waals surface area (Å²) in [6.07, 6.45) is 9.02. The van der Waals surface area contributed by atoms with E-state index in [1.165, 1.54) is 10.6 Å². The van der Waals surface area contributed by atoms with Gasteiger partial charge in [-0.1, -0.05) is 0 Å². The van der Waals surface area contributed by atoms with Crippen molar-refractivity contribution in [2.75, 3.05) is 31.3 Å². The first-order chi connectivity index (χ1) is 8.98. The van der Waals surface area contributed by atoms with Crippen LogP contribution in [0.2, 0.25) is 0 Å². The Labute approximate surface area is 114 Å². The van der Waals surface area contributed by atoms with Gasteiger partial charge in [0.15, 0.2) is 0 Å². The van der Waals surface area contributed by atoms with Crippen LogP contribution in [0.3, 0.4) is 0 Å². The minimum absolute atomic E-state index is 0.0803. The highest BCUT2D eigenvalue weighted by molar-refractivity contribution is 7.88. The van der Waals surface area contributed by atoms with Crippen molar-refractivity contribution in [1.29, 1.82) is 0 Å². The van der Waals surface area contributed by atoms with E-state index in [-0.39, 0.29) is 6.04 Å². The van der Waals surface area contributed by atoms with Gasteiger partial charge in [0.05, 0.1) is 12.5 Å². The molecule has 1 fully saturated rings. The molecule has 0 amide bonds. The van der Waals surface area contributed by atoms with E-state index in [4.69, 9.17) is 0 Å². The fourth-order valence-corrected chi connectivity index (χ4v) is 3.15. The van der Waals surface area contributed by atoms with Crippen LogP contribution >= 0.6 is 0 Å². The maximum atomic E-state index is 11.6. The Hall–Kier alpha value is -1.21. The van der Waals surface area contributed by atoms with Gasteiger partial charge in [-0.2, -0.15) is 0 Å². The van der Waals surface area contributed by atoms with Crippen molar-refractivity contribution in [2.45, 2.75) is 25.3 Å². The van der Waals surface area contributed by atoms with Crippen LogP contribution in [0.25, 0.3) is 0 Å². The molecule has 6 nitrogen and oxygen atoms in total. The maximum Gasteiger partial charge on any atom is 0.211 e. The molecule has 0 radical (unpaired) electrons. The van der Waals surface area contributed by atoms with Crippen LogP contribution in [-0.2, 0) is 10.0 Å². The molecule has 0 bridgehead atoms. The predicted molar refractivity (Wildman–Crippen MR) is 74.5 cm³/mol. The normalized spacial score (nSPS) is 21.4. The summed E-state index contributed by atoms with van der Waals surface area (Å²) in [5.41, 5.74) is 0. The minimum Gasteiger partial charge on any atom is -0.355 e. The summed E-state index contributed by atoms with van der Waals surface area (Å²) in [5.74, 6) is 0.866. The van der Waals surface area contributed by atoms with Crippen LogP contribution in [0, 0.1) is 0 Å². The Kier molecular flexibility index (Phi) is 4.36. The molecule has 1 aromatic rings. The highest BCUT2D eigenvalue weighted by Gasteiger charge is 2.25. The van der Waals surface area contributed by atoms with Crippen LogP contribution in [-0.4, -0.2) is 55.1 Å². The monoisotopic (exact) mass is 284 g/mol. The molecule has 1 atom stereocenters. The lowest BCUT2D eigenvalue weighted by atomic mass is 10.1. The first-order valence-corrected chi connectivity index (χ1v) is 8.27. The van der Waals surface area contributed by atoms with E-state index in [0.29, 0.717) is 0 Å². The second-order valence-corrected chi connectivity index (χ2v) is 6.96. The standard InChI is InChI=1S/C12H20N4O2S/c1-15(19(2,17)18)11-4-3-8-16(9-5-11)12-10-13-6-7-14-12/h6-7,10-11H,3-5,8-9H2,1-2H3. The third-order valence-corrected chi connectivity index (χ3v) is 4.95. The fraction of sp³-hybridized carbons (Fsp3) is 0.667. The Bertz CT molecular complexity index is 506. The lowest BCUT2D eigenvalue weighted by Crippen LogP contribution is -2.37. The molecule has 2 heterocycles. The zero-order chi connectivity index (χ0) is 13.9. The Morgan fingerprint density at radius 2 is 2.11 bits per heavy atom. The predicted octanol–water partition coefficient (Wildman–Crippen LogP) is 0.727. The van der Waals surface area contributed by atoms with E-state index < -0.39 is 10.0 Å². The molecule has 0 spiro atoms. The van der Waals surface area contributed by atoms with Crippen molar-refractivity contribution < 1.29 is 8.42 Å². The van der Waals surface area contributed by atoms with E-state index in [0.717, 1.165) is 38.2 Å². The quantitative estimate of drug-likeness (QED) is 0.818. The van der Waals surface area contributed by atoms with Gasteiger partial charge in [-0.15, -0.1) is 0 Å². The lowest BCUT2D eigenvalue weighted by Gasteiger charge is -2.25. The first kappa shape index (κ1) is 14.2. The second kappa shape index (κ2) is 5.83. The van der Waals surface area contributed by atoms with E-state index in [1.54, 1.807) is 25.6 Å². The van der Waals surface area contributed by atoms with Gasteiger partial charge < -0.3 is 4.90 Å². The van der Waals surface area contributed by atoms with Gasteiger partial charge in [-0.25, -0.2) is 17.7 Å². The number of sulfonamides is 1. The second-order valence-electron chi connectivity index (χ2n) is 4.91. The minimum atomic E-state index is -3.11. The molecule has 0 aliphatic carbocycles. The Morgan fingerprint density at radius 3 is 2.74 bits per heavy atom. The number of nitrogens with zero attached hydrogens (tertiary/aromatic N) is 4. The molecule has 106 valence electrons. The molecule has 1 aliphatic heterocycles. The summed E-state index contributed by atoms with van der Waals surface area (Å²) in [6.45, 7) is 1.70. The van der Waals surface area contributed by atoms with Gasteiger partial charge in [0.2, 0.25) is 10.0 Å². The van der Waals surface area contributed by atoms with Crippen molar-refractivity contribution in [3.8, 4) is 0 Å². The highest BCUT2D eigenvalue weighted by atomic mass is 32.2. The highest BCUT2D eigenvalue weighted by Crippen LogP contribution is 2.20. The van der Waals surface area contributed by atoms with Crippen molar-refractivity contribution in [3.63, 3.8) is 0 Å². The van der Waals surface area contributed by atoms with E-state index in [1.807, 2.05) is 0 Å². The van der Waals surface area contributed by atoms with Gasteiger partial charge in [0.25, 0.3) is 0 Å². The molecule has 1 unspecified atom stereocenters. The molecule has 2 rings (SSSR count). The number of hydrogen-bond donors (Lipinski definition) is 0. The first-order valence-electron chi connectivity index (χ1n) is 6.42. The van der Waals surface area contributed by atoms with Crippen LogP contribution in [0.4, 0.5) is 5.82 Å². The van der Waals surface area contributed by atoms with Gasteiger partial charge in [0, 0.05) is 38.6 Å². The summed E-state index contributed by atoms with van der Waals surface area (Å²) in [4.78, 5) is 10.5. The number of rotatable bonds is 3. The van der Waals surface area contributed by atoms with Crippen molar-refractivity contribution in [2.24, 2.45) is 0 Å². The van der Waals surface area contributed by atoms with Gasteiger partial charge in [0.1, 0.15) is 5.82 Å². The fourth-order valence-electron chi connectivity index (χ4n) is 2.40. The smallest absolute Gasteiger partial charge is 0.211 e. The largest absolute Gasteiger partial charge is 0.355 e. The molecule has 1 aliphatic rings. The summed E-state index contributed by atoms with van der Waals surface area (Å²) in [7, 11) is -1.45. The van der Waals surface area contributed by atoms with E-state index in [9.17, 15) is 8.42 Å². The third kappa shape index (κ3) is 3.63. The molecule has 1 saturated heterocycles. The summed E-state index contributed by atoms with van der Waals surface area (Å²) >= 11 is 0. The summed E-state index contributed by atoms with van der Waals surface area (Å²) in [6, 6.07) is 0.0803. The maximum absolute atomic E-state index is 11.6. The van der Waals surface area contributed by atoms with E-state index in [2.05, 4.69) is 14.9 Å². The number of hydrogen-bond acceptors (Lipinski definition) is 5. The molecule has 1 aromatic heterocycles. The van der Waals surface area contributed by atoms with Gasteiger partial charge in [-0.05, 0) is 19.3 Å². The molecule has 0 aromatic carbocycles. The molecular weight excluding hydrogens is 264 g/mol. The van der Waals surface area contributed by atoms with Crippen LogP contribution in [0.15, 0.2) is 18.6 Å². The summed E-state index contributed by atoms with van der Waals surface area (Å²) < 4.78 is 24.7. The van der Waals surface area contributed by atoms with Crippen molar-refractivity contribution >= 4 is 15.8 Å². The topological polar surface area (TPSA) is 66.4 Å². The average molecular weight is 284 g/mol. The zero-order valence-electron chi connectivity index (χ0n) is 11.4. The molecule has 19 heavy (non-hydrogen) atoms. The van der Waals surface area contributed by atoms with E-state index >= 15 is 0 Å². The van der Waals surface area contributed by atoms with Crippen molar-refractivity contribution in [3.05, 3.63) is 18.6 Å². The van der Waals surface area contributed by atoms with Crippen LogP contribution in [0.5, 0.6) is 0 Å². The van der Waals surface area contributed by atoms with Gasteiger partial charge in [-0.3, -0.25) is 4.98 Å². The number of anilines is 1. The lowest BCUT2D eigenvalue weighted by molar-refractivity contribution is 0.344. The molecule has 0 saturated carbocycles. The van der Waals surface area contributed by atoms with Crippen LogP contribution in [0.1, 0.15) is 19.3 Å². The summed E-state index contributed by atoms with van der Waals surface area (Å²) in [5, 5.41) is 0.